The summed E-state index contributed by atoms with van der Waals surface area (Å²) in [6.45, 7) is 1.76. The molecule has 10 heteroatoms. The van der Waals surface area contributed by atoms with Gasteiger partial charge in [0, 0.05) is 16.5 Å². The Balaban J connectivity index is 1.46. The molecule has 10 nitrogen and oxygen atoms in total. The first-order valence-electron chi connectivity index (χ1n) is 8.54. The number of hydrogen-bond acceptors (Lipinski definition) is 5. The molecule has 0 spiro atoms. The molecule has 2 aromatic heterocycles. The molecule has 0 atom stereocenters. The van der Waals surface area contributed by atoms with E-state index in [9.17, 15) is 19.2 Å². The molecule has 0 radical (unpaired) electrons. The van der Waals surface area contributed by atoms with Gasteiger partial charge in [-0.2, -0.15) is 0 Å². The molecule has 0 unspecified atom stereocenters. The van der Waals surface area contributed by atoms with E-state index in [2.05, 4.69) is 20.9 Å². The highest BCUT2D eigenvalue weighted by Gasteiger charge is 2.18. The molecule has 0 saturated heterocycles. The Kier molecular flexibility index (Phi) is 4.36. The van der Waals surface area contributed by atoms with Gasteiger partial charge in [0.1, 0.15) is 5.58 Å². The van der Waals surface area contributed by atoms with Gasteiger partial charge in [0.05, 0.1) is 5.69 Å². The first-order valence-corrected chi connectivity index (χ1v) is 8.54. The lowest BCUT2D eigenvalue weighted by Crippen LogP contribution is -2.41. The molecular formula is C19H15N5O5. The van der Waals surface area contributed by atoms with Gasteiger partial charge in [0.25, 0.3) is 5.91 Å². The summed E-state index contributed by atoms with van der Waals surface area (Å²) in [5.41, 5.74) is 5.22. The predicted molar refractivity (Wildman–Crippen MR) is 103 cm³/mol. The Bertz CT molecular complexity index is 1340. The molecule has 4 rings (SSSR count). The van der Waals surface area contributed by atoms with Crippen molar-refractivity contribution in [3.8, 4) is 5.69 Å². The topological polar surface area (TPSA) is 142 Å². The van der Waals surface area contributed by atoms with Crippen LogP contribution in [0, 0.1) is 6.92 Å². The number of hydrogen-bond donors (Lipinski definition) is 4. The lowest BCUT2D eigenvalue weighted by atomic mass is 10.1. The lowest BCUT2D eigenvalue weighted by molar-refractivity contribution is 0.0831. The number of rotatable bonds is 3. The SMILES string of the molecule is Cc1c(C(=O)NNC(=O)c2ccc(-n3[nH]c(=O)[nH]c3=O)cc2)oc2ccccc12. The minimum absolute atomic E-state index is 0.109. The van der Waals surface area contributed by atoms with Crippen molar-refractivity contribution in [1.29, 1.82) is 0 Å². The maximum Gasteiger partial charge on any atom is 0.349 e. The van der Waals surface area contributed by atoms with Crippen LogP contribution in [0.25, 0.3) is 16.7 Å². The number of nitrogens with one attached hydrogen (secondary N) is 4. The second kappa shape index (κ2) is 7.00. The number of carbonyl (C=O) groups is 2. The number of benzene rings is 2. The molecule has 0 fully saturated rings. The van der Waals surface area contributed by atoms with E-state index in [1.807, 2.05) is 12.1 Å². The number of furan rings is 1. The minimum Gasteiger partial charge on any atom is -0.451 e. The van der Waals surface area contributed by atoms with Crippen molar-refractivity contribution in [2.75, 3.05) is 0 Å². The molecule has 0 aliphatic rings. The average molecular weight is 393 g/mol. The van der Waals surface area contributed by atoms with Gasteiger partial charge in [-0.25, -0.2) is 19.4 Å². The van der Waals surface area contributed by atoms with Crippen molar-refractivity contribution in [1.82, 2.24) is 25.6 Å². The molecule has 146 valence electrons. The van der Waals surface area contributed by atoms with Crippen LogP contribution in [0.15, 0.2) is 62.5 Å². The van der Waals surface area contributed by atoms with Crippen LogP contribution in [0.1, 0.15) is 26.5 Å². The maximum atomic E-state index is 12.4. The fraction of sp³-hybridized carbons (Fsp3) is 0.0526. The maximum absolute atomic E-state index is 12.4. The van der Waals surface area contributed by atoms with Crippen LogP contribution in [0.5, 0.6) is 0 Å². The van der Waals surface area contributed by atoms with Gasteiger partial charge in [-0.1, -0.05) is 18.2 Å². The molecule has 0 aliphatic carbocycles. The molecular weight excluding hydrogens is 378 g/mol. The van der Waals surface area contributed by atoms with Crippen LogP contribution in [-0.2, 0) is 0 Å². The number of hydrazine groups is 1. The third kappa shape index (κ3) is 3.34. The van der Waals surface area contributed by atoms with Crippen molar-refractivity contribution >= 4 is 22.8 Å². The van der Waals surface area contributed by atoms with Gasteiger partial charge in [0.2, 0.25) is 0 Å². The second-order valence-corrected chi connectivity index (χ2v) is 6.21. The zero-order valence-electron chi connectivity index (χ0n) is 15.1. The predicted octanol–water partition coefficient (Wildman–Crippen LogP) is 0.983. The summed E-state index contributed by atoms with van der Waals surface area (Å²) in [5.74, 6) is -1.04. The number of aryl methyl sites for hydroxylation is 1. The molecule has 2 aromatic carbocycles. The van der Waals surface area contributed by atoms with Crippen LogP contribution in [0.2, 0.25) is 0 Å². The normalized spacial score (nSPS) is 10.8. The molecule has 29 heavy (non-hydrogen) atoms. The van der Waals surface area contributed by atoms with E-state index in [1.54, 1.807) is 19.1 Å². The second-order valence-electron chi connectivity index (χ2n) is 6.21. The first kappa shape index (κ1) is 18.0. The Hall–Kier alpha value is -4.34. The van der Waals surface area contributed by atoms with Crippen LogP contribution in [-0.4, -0.2) is 26.6 Å². The van der Waals surface area contributed by atoms with E-state index in [0.29, 0.717) is 16.8 Å². The number of aromatic amines is 2. The number of para-hydroxylation sites is 1. The molecule has 4 N–H and O–H groups in total. The van der Waals surface area contributed by atoms with Gasteiger partial charge in [-0.05, 0) is 37.3 Å². The number of nitrogens with zero attached hydrogens (tertiary/aromatic N) is 1. The molecule has 0 saturated carbocycles. The van der Waals surface area contributed by atoms with Crippen molar-refractivity contribution in [3.05, 3.63) is 86.4 Å². The Labute approximate surface area is 162 Å². The monoisotopic (exact) mass is 393 g/mol. The van der Waals surface area contributed by atoms with Crippen molar-refractivity contribution < 1.29 is 14.0 Å². The third-order valence-corrected chi connectivity index (χ3v) is 4.36. The highest BCUT2D eigenvalue weighted by molar-refractivity contribution is 6.01. The number of carbonyl (C=O) groups excluding carboxylic acids is 2. The van der Waals surface area contributed by atoms with Crippen LogP contribution in [0.3, 0.4) is 0 Å². The quantitative estimate of drug-likeness (QED) is 0.384. The summed E-state index contributed by atoms with van der Waals surface area (Å²) in [4.78, 5) is 49.5. The van der Waals surface area contributed by atoms with Crippen LogP contribution in [0.4, 0.5) is 0 Å². The van der Waals surface area contributed by atoms with Gasteiger partial charge in [-0.3, -0.25) is 25.4 Å². The van der Waals surface area contributed by atoms with Gasteiger partial charge >= 0.3 is 17.3 Å². The zero-order chi connectivity index (χ0) is 20.5. The molecule has 0 bridgehead atoms. The summed E-state index contributed by atoms with van der Waals surface area (Å²) < 4.78 is 6.56. The Morgan fingerprint density at radius 1 is 0.966 bits per heavy atom. The zero-order valence-corrected chi connectivity index (χ0v) is 15.1. The standard InChI is InChI=1S/C19H15N5O5/c1-10-13-4-2-3-5-14(13)29-15(10)17(26)22-21-16(25)11-6-8-12(9-7-11)24-19(28)20-18(27)23-24/h2-9H,1H3,(H,21,25)(H,22,26)(H2,20,23,27,28). The largest absolute Gasteiger partial charge is 0.451 e. The van der Waals surface area contributed by atoms with E-state index in [4.69, 9.17) is 4.42 Å². The molecule has 2 amide bonds. The van der Waals surface area contributed by atoms with E-state index in [1.165, 1.54) is 24.3 Å². The number of aromatic nitrogens is 3. The van der Waals surface area contributed by atoms with Gasteiger partial charge in [0.15, 0.2) is 5.76 Å². The Morgan fingerprint density at radius 2 is 1.66 bits per heavy atom. The van der Waals surface area contributed by atoms with E-state index < -0.39 is 23.2 Å². The summed E-state index contributed by atoms with van der Waals surface area (Å²) in [6, 6.07) is 13.1. The average Bonchev–Trinajstić information content (AvgIpc) is 3.25. The van der Waals surface area contributed by atoms with Crippen LogP contribution < -0.4 is 22.2 Å². The van der Waals surface area contributed by atoms with Crippen molar-refractivity contribution in [2.24, 2.45) is 0 Å². The van der Waals surface area contributed by atoms with Gasteiger partial charge < -0.3 is 4.42 Å². The molecule has 2 heterocycles. The summed E-state index contributed by atoms with van der Waals surface area (Å²) in [5, 5.41) is 3.13. The molecule has 0 aliphatic heterocycles. The highest BCUT2D eigenvalue weighted by Crippen LogP contribution is 2.24. The minimum atomic E-state index is -0.639. The number of fused-ring (bicyclic) bond motifs is 1. The van der Waals surface area contributed by atoms with Gasteiger partial charge in [-0.15, -0.1) is 0 Å². The van der Waals surface area contributed by atoms with E-state index in [0.717, 1.165) is 10.1 Å². The smallest absolute Gasteiger partial charge is 0.349 e. The number of H-pyrrole nitrogens is 2. The molecule has 4 aromatic rings. The highest BCUT2D eigenvalue weighted by atomic mass is 16.3. The summed E-state index contributed by atoms with van der Waals surface area (Å²) >= 11 is 0. The van der Waals surface area contributed by atoms with Crippen molar-refractivity contribution in [3.63, 3.8) is 0 Å². The lowest BCUT2D eigenvalue weighted by Gasteiger charge is -2.07. The third-order valence-electron chi connectivity index (χ3n) is 4.36. The van der Waals surface area contributed by atoms with Crippen molar-refractivity contribution in [2.45, 2.75) is 6.92 Å². The van der Waals surface area contributed by atoms with Crippen LogP contribution >= 0.6 is 0 Å². The summed E-state index contributed by atoms with van der Waals surface area (Å²) in [7, 11) is 0. The van der Waals surface area contributed by atoms with E-state index in [-0.39, 0.29) is 11.3 Å². The summed E-state index contributed by atoms with van der Waals surface area (Å²) in [6.07, 6.45) is 0. The number of amides is 2. The fourth-order valence-corrected chi connectivity index (χ4v) is 2.91. The Morgan fingerprint density at radius 3 is 2.31 bits per heavy atom. The van der Waals surface area contributed by atoms with E-state index >= 15 is 0 Å². The first-order chi connectivity index (χ1) is 13.9. The fourth-order valence-electron chi connectivity index (χ4n) is 2.91.